The maximum absolute atomic E-state index is 12.1. The lowest BCUT2D eigenvalue weighted by atomic mass is 10.1. The Hall–Kier alpha value is -2.08. The molecule has 0 radical (unpaired) electrons. The standard InChI is InChI=1S/C16H16N2O3S/c19-9-12-3-1-11(2-4-12)5-7-18-14-6-8-22-10-13(14)15(20)17-16(18)21/h1-4,9H,5-8,10H2,(H,17,20,21). The highest BCUT2D eigenvalue weighted by molar-refractivity contribution is 7.98. The van der Waals surface area contributed by atoms with E-state index in [9.17, 15) is 14.4 Å². The predicted octanol–water partition coefficient (Wildman–Crippen LogP) is 1.38. The first-order chi connectivity index (χ1) is 10.7. The molecule has 0 amide bonds. The van der Waals surface area contributed by atoms with Crippen molar-refractivity contribution in [3.8, 4) is 0 Å². The van der Waals surface area contributed by atoms with Crippen LogP contribution in [0.2, 0.25) is 0 Å². The zero-order valence-electron chi connectivity index (χ0n) is 12.0. The first-order valence-corrected chi connectivity index (χ1v) is 8.31. The second kappa shape index (κ2) is 6.36. The van der Waals surface area contributed by atoms with Crippen molar-refractivity contribution in [3.63, 3.8) is 0 Å². The molecule has 1 aromatic carbocycles. The summed E-state index contributed by atoms with van der Waals surface area (Å²) in [6, 6.07) is 7.32. The summed E-state index contributed by atoms with van der Waals surface area (Å²) in [7, 11) is 0. The topological polar surface area (TPSA) is 71.9 Å². The molecule has 6 heteroatoms. The zero-order chi connectivity index (χ0) is 15.5. The summed E-state index contributed by atoms with van der Waals surface area (Å²) in [5, 5.41) is 0. The first-order valence-electron chi connectivity index (χ1n) is 7.16. The third kappa shape index (κ3) is 2.92. The summed E-state index contributed by atoms with van der Waals surface area (Å²) in [4.78, 5) is 37.0. The van der Waals surface area contributed by atoms with Crippen LogP contribution in [0.5, 0.6) is 0 Å². The smallest absolute Gasteiger partial charge is 0.298 e. The molecular weight excluding hydrogens is 300 g/mol. The highest BCUT2D eigenvalue weighted by Crippen LogP contribution is 2.20. The molecule has 1 N–H and O–H groups in total. The fourth-order valence-electron chi connectivity index (χ4n) is 2.67. The number of aromatic amines is 1. The molecule has 3 rings (SSSR count). The van der Waals surface area contributed by atoms with Crippen molar-refractivity contribution in [1.29, 1.82) is 0 Å². The fourth-order valence-corrected chi connectivity index (χ4v) is 3.66. The van der Waals surface area contributed by atoms with Crippen molar-refractivity contribution in [3.05, 3.63) is 67.5 Å². The molecule has 0 saturated carbocycles. The van der Waals surface area contributed by atoms with Crippen molar-refractivity contribution in [2.75, 3.05) is 5.75 Å². The van der Waals surface area contributed by atoms with Crippen LogP contribution in [0.3, 0.4) is 0 Å². The number of aryl methyl sites for hydroxylation is 1. The molecule has 0 aliphatic carbocycles. The minimum atomic E-state index is -0.333. The summed E-state index contributed by atoms with van der Waals surface area (Å²) >= 11 is 1.72. The van der Waals surface area contributed by atoms with Gasteiger partial charge in [0.1, 0.15) is 6.29 Å². The van der Waals surface area contributed by atoms with E-state index in [1.165, 1.54) is 0 Å². The number of aldehydes is 1. The van der Waals surface area contributed by atoms with Gasteiger partial charge >= 0.3 is 5.69 Å². The van der Waals surface area contributed by atoms with Crippen LogP contribution in [0.25, 0.3) is 0 Å². The lowest BCUT2D eigenvalue weighted by Gasteiger charge is -2.19. The molecule has 22 heavy (non-hydrogen) atoms. The van der Waals surface area contributed by atoms with Gasteiger partial charge in [0, 0.05) is 29.1 Å². The van der Waals surface area contributed by atoms with Crippen LogP contribution >= 0.6 is 11.8 Å². The summed E-state index contributed by atoms with van der Waals surface area (Å²) in [6.45, 7) is 0.531. The number of carbonyl (C=O) groups excluding carboxylic acids is 1. The number of fused-ring (bicyclic) bond motifs is 1. The van der Waals surface area contributed by atoms with Crippen LogP contribution in [0.15, 0.2) is 33.9 Å². The van der Waals surface area contributed by atoms with E-state index in [0.717, 1.165) is 35.3 Å². The fraction of sp³-hybridized carbons (Fsp3) is 0.312. The van der Waals surface area contributed by atoms with Crippen LogP contribution in [-0.2, 0) is 25.1 Å². The van der Waals surface area contributed by atoms with Gasteiger partial charge in [-0.05, 0) is 24.2 Å². The Morgan fingerprint density at radius 3 is 2.73 bits per heavy atom. The second-order valence-corrected chi connectivity index (χ2v) is 6.35. The Bertz CT molecular complexity index is 806. The summed E-state index contributed by atoms with van der Waals surface area (Å²) < 4.78 is 1.68. The average molecular weight is 316 g/mol. The number of thioether (sulfide) groups is 1. The number of benzene rings is 1. The minimum Gasteiger partial charge on any atom is -0.298 e. The molecular formula is C16H16N2O3S. The van der Waals surface area contributed by atoms with E-state index >= 15 is 0 Å². The van der Waals surface area contributed by atoms with Crippen LogP contribution in [0.1, 0.15) is 27.2 Å². The normalized spacial score (nSPS) is 13.6. The van der Waals surface area contributed by atoms with E-state index in [1.54, 1.807) is 28.5 Å². The van der Waals surface area contributed by atoms with E-state index < -0.39 is 0 Å². The summed E-state index contributed by atoms with van der Waals surface area (Å²) in [5.74, 6) is 1.60. The molecule has 0 bridgehead atoms. The molecule has 0 fully saturated rings. The molecule has 1 aromatic heterocycles. The Morgan fingerprint density at radius 1 is 1.23 bits per heavy atom. The van der Waals surface area contributed by atoms with Gasteiger partial charge in [0.25, 0.3) is 5.56 Å². The Balaban J connectivity index is 1.87. The van der Waals surface area contributed by atoms with E-state index in [1.807, 2.05) is 12.1 Å². The highest BCUT2D eigenvalue weighted by Gasteiger charge is 2.18. The van der Waals surface area contributed by atoms with E-state index in [2.05, 4.69) is 4.98 Å². The number of hydrogen-bond acceptors (Lipinski definition) is 4. The molecule has 2 aromatic rings. The Labute approximate surface area is 131 Å². The quantitative estimate of drug-likeness (QED) is 0.865. The van der Waals surface area contributed by atoms with E-state index in [4.69, 9.17) is 0 Å². The molecule has 0 unspecified atom stereocenters. The Morgan fingerprint density at radius 2 is 2.00 bits per heavy atom. The second-order valence-electron chi connectivity index (χ2n) is 5.25. The van der Waals surface area contributed by atoms with Crippen LogP contribution in [0, 0.1) is 0 Å². The first kappa shape index (κ1) is 14.8. The molecule has 114 valence electrons. The lowest BCUT2D eigenvalue weighted by Crippen LogP contribution is -2.37. The van der Waals surface area contributed by atoms with Gasteiger partial charge in [-0.25, -0.2) is 4.79 Å². The van der Waals surface area contributed by atoms with Gasteiger partial charge in [0.15, 0.2) is 0 Å². The van der Waals surface area contributed by atoms with Crippen LogP contribution in [0.4, 0.5) is 0 Å². The summed E-state index contributed by atoms with van der Waals surface area (Å²) in [6.07, 6.45) is 2.25. The third-order valence-corrected chi connectivity index (χ3v) is 4.87. The number of carbonyl (C=O) groups is 1. The Kier molecular flexibility index (Phi) is 4.29. The average Bonchev–Trinajstić information content (AvgIpc) is 2.55. The highest BCUT2D eigenvalue weighted by atomic mass is 32.2. The monoisotopic (exact) mass is 316 g/mol. The van der Waals surface area contributed by atoms with Gasteiger partial charge in [-0.2, -0.15) is 11.8 Å². The van der Waals surface area contributed by atoms with E-state index in [-0.39, 0.29) is 11.2 Å². The largest absolute Gasteiger partial charge is 0.328 e. The molecule has 0 saturated heterocycles. The van der Waals surface area contributed by atoms with Crippen molar-refractivity contribution < 1.29 is 4.79 Å². The van der Waals surface area contributed by atoms with Crippen molar-refractivity contribution in [1.82, 2.24) is 9.55 Å². The van der Waals surface area contributed by atoms with Gasteiger partial charge in [0.2, 0.25) is 0 Å². The van der Waals surface area contributed by atoms with Gasteiger partial charge < -0.3 is 0 Å². The number of rotatable bonds is 4. The lowest BCUT2D eigenvalue weighted by molar-refractivity contribution is 0.112. The van der Waals surface area contributed by atoms with Gasteiger partial charge in [-0.3, -0.25) is 19.1 Å². The maximum Gasteiger partial charge on any atom is 0.328 e. The van der Waals surface area contributed by atoms with Gasteiger partial charge in [0.05, 0.1) is 0 Å². The van der Waals surface area contributed by atoms with Crippen molar-refractivity contribution >= 4 is 18.0 Å². The van der Waals surface area contributed by atoms with Gasteiger partial charge in [-0.1, -0.05) is 24.3 Å². The predicted molar refractivity (Wildman–Crippen MR) is 86.7 cm³/mol. The number of aromatic nitrogens is 2. The molecule has 2 heterocycles. The van der Waals surface area contributed by atoms with Crippen LogP contribution in [-0.4, -0.2) is 21.6 Å². The molecule has 0 spiro atoms. The van der Waals surface area contributed by atoms with Crippen molar-refractivity contribution in [2.24, 2.45) is 0 Å². The van der Waals surface area contributed by atoms with Crippen molar-refractivity contribution in [2.45, 2.75) is 25.1 Å². The summed E-state index contributed by atoms with van der Waals surface area (Å²) in [5.41, 5.74) is 2.71. The third-order valence-electron chi connectivity index (χ3n) is 3.88. The molecule has 5 nitrogen and oxygen atoms in total. The number of hydrogen-bond donors (Lipinski definition) is 1. The number of nitrogens with zero attached hydrogens (tertiary/aromatic N) is 1. The van der Waals surface area contributed by atoms with Crippen LogP contribution < -0.4 is 11.2 Å². The SMILES string of the molecule is O=Cc1ccc(CCn2c3c(c(=O)[nH]c2=O)CSCC3)cc1. The molecule has 1 aliphatic rings. The van der Waals surface area contributed by atoms with Gasteiger partial charge in [-0.15, -0.1) is 0 Å². The zero-order valence-corrected chi connectivity index (χ0v) is 12.8. The maximum atomic E-state index is 12.1. The number of nitrogens with one attached hydrogen (secondary N) is 1. The molecule has 0 atom stereocenters. The minimum absolute atomic E-state index is 0.251. The van der Waals surface area contributed by atoms with E-state index in [0.29, 0.717) is 24.3 Å². The number of H-pyrrole nitrogens is 1. The molecule has 1 aliphatic heterocycles.